The summed E-state index contributed by atoms with van der Waals surface area (Å²) in [6, 6.07) is 0. The number of hydrogen-bond donors (Lipinski definition) is 2. The summed E-state index contributed by atoms with van der Waals surface area (Å²) in [6.07, 6.45) is 6.46. The lowest BCUT2D eigenvalue weighted by Crippen LogP contribution is -2.56. The SMILES string of the molecule is C=CCCOCCNC(=O)C1(N)CCCC(C)C1. The average Bonchev–Trinajstić information content (AvgIpc) is 2.33. The molecule has 0 radical (unpaired) electrons. The smallest absolute Gasteiger partial charge is 0.240 e. The molecule has 18 heavy (non-hydrogen) atoms. The minimum Gasteiger partial charge on any atom is -0.379 e. The molecule has 0 aliphatic heterocycles. The molecule has 1 amide bonds. The van der Waals surface area contributed by atoms with Crippen LogP contribution in [0.25, 0.3) is 0 Å². The molecule has 4 heteroatoms. The van der Waals surface area contributed by atoms with Gasteiger partial charge in [0.05, 0.1) is 18.8 Å². The molecule has 1 aliphatic carbocycles. The summed E-state index contributed by atoms with van der Waals surface area (Å²) in [5, 5.41) is 2.88. The van der Waals surface area contributed by atoms with Gasteiger partial charge in [-0.1, -0.05) is 25.8 Å². The number of amides is 1. The molecule has 0 aromatic rings. The Morgan fingerprint density at radius 2 is 2.39 bits per heavy atom. The van der Waals surface area contributed by atoms with Crippen molar-refractivity contribution in [1.29, 1.82) is 0 Å². The molecule has 0 aromatic carbocycles. The highest BCUT2D eigenvalue weighted by Crippen LogP contribution is 2.30. The van der Waals surface area contributed by atoms with Gasteiger partial charge in [0.25, 0.3) is 0 Å². The molecule has 3 N–H and O–H groups in total. The number of hydrogen-bond acceptors (Lipinski definition) is 3. The third kappa shape index (κ3) is 4.78. The highest BCUT2D eigenvalue weighted by atomic mass is 16.5. The fraction of sp³-hybridized carbons (Fsp3) is 0.786. The molecule has 2 unspecified atom stereocenters. The molecule has 0 spiro atoms. The summed E-state index contributed by atoms with van der Waals surface area (Å²) in [5.41, 5.74) is 5.52. The Hall–Kier alpha value is -0.870. The molecule has 0 heterocycles. The fourth-order valence-corrected chi connectivity index (χ4v) is 2.48. The quantitative estimate of drug-likeness (QED) is 0.536. The number of nitrogens with two attached hydrogens (primary N) is 1. The summed E-state index contributed by atoms with van der Waals surface area (Å²) in [5.74, 6) is 0.514. The van der Waals surface area contributed by atoms with Gasteiger partial charge in [-0.3, -0.25) is 4.79 Å². The van der Waals surface area contributed by atoms with Gasteiger partial charge >= 0.3 is 0 Å². The van der Waals surface area contributed by atoms with E-state index in [0.717, 1.165) is 25.7 Å². The van der Waals surface area contributed by atoms with Gasteiger partial charge in [0.2, 0.25) is 5.91 Å². The van der Waals surface area contributed by atoms with Crippen LogP contribution < -0.4 is 11.1 Å². The molecule has 1 rings (SSSR count). The topological polar surface area (TPSA) is 64.3 Å². The van der Waals surface area contributed by atoms with Crippen molar-refractivity contribution in [2.45, 2.75) is 44.6 Å². The first-order valence-corrected chi connectivity index (χ1v) is 6.84. The van der Waals surface area contributed by atoms with Gasteiger partial charge in [-0.25, -0.2) is 0 Å². The van der Waals surface area contributed by atoms with Crippen LogP contribution in [0.15, 0.2) is 12.7 Å². The first-order valence-electron chi connectivity index (χ1n) is 6.84. The Bertz CT molecular complexity index is 281. The van der Waals surface area contributed by atoms with Crippen LogP contribution in [-0.4, -0.2) is 31.2 Å². The Balaban J connectivity index is 2.21. The average molecular weight is 254 g/mol. The Kier molecular flexibility index (Phi) is 6.36. The largest absolute Gasteiger partial charge is 0.379 e. The van der Waals surface area contributed by atoms with Gasteiger partial charge in [0.1, 0.15) is 0 Å². The van der Waals surface area contributed by atoms with Crippen molar-refractivity contribution in [1.82, 2.24) is 5.32 Å². The molecule has 2 atom stereocenters. The minimum atomic E-state index is -0.668. The second-order valence-corrected chi connectivity index (χ2v) is 5.30. The van der Waals surface area contributed by atoms with Crippen LogP contribution in [0.1, 0.15) is 39.0 Å². The van der Waals surface area contributed by atoms with Crippen LogP contribution in [0, 0.1) is 5.92 Å². The van der Waals surface area contributed by atoms with Crippen LogP contribution in [0.5, 0.6) is 0 Å². The Morgan fingerprint density at radius 3 is 3.06 bits per heavy atom. The van der Waals surface area contributed by atoms with Crippen LogP contribution in [0.4, 0.5) is 0 Å². The van der Waals surface area contributed by atoms with Crippen molar-refractivity contribution in [3.05, 3.63) is 12.7 Å². The summed E-state index contributed by atoms with van der Waals surface area (Å²) in [4.78, 5) is 12.0. The van der Waals surface area contributed by atoms with E-state index in [9.17, 15) is 4.79 Å². The van der Waals surface area contributed by atoms with Gasteiger partial charge in [0.15, 0.2) is 0 Å². The molecule has 1 aliphatic rings. The van der Waals surface area contributed by atoms with E-state index < -0.39 is 5.54 Å². The van der Waals surface area contributed by atoms with Crippen LogP contribution >= 0.6 is 0 Å². The molecule has 4 nitrogen and oxygen atoms in total. The van der Waals surface area contributed by atoms with Gasteiger partial charge in [0, 0.05) is 6.54 Å². The maximum atomic E-state index is 12.0. The molecule has 1 fully saturated rings. The fourth-order valence-electron chi connectivity index (χ4n) is 2.48. The first kappa shape index (κ1) is 15.2. The van der Waals surface area contributed by atoms with Crippen molar-refractivity contribution in [3.63, 3.8) is 0 Å². The zero-order chi connectivity index (χ0) is 13.4. The van der Waals surface area contributed by atoms with E-state index in [1.54, 1.807) is 0 Å². The van der Waals surface area contributed by atoms with Crippen molar-refractivity contribution >= 4 is 5.91 Å². The highest BCUT2D eigenvalue weighted by molar-refractivity contribution is 5.86. The lowest BCUT2D eigenvalue weighted by Gasteiger charge is -2.35. The monoisotopic (exact) mass is 254 g/mol. The van der Waals surface area contributed by atoms with Gasteiger partial charge in [-0.2, -0.15) is 0 Å². The van der Waals surface area contributed by atoms with Crippen LogP contribution in [-0.2, 0) is 9.53 Å². The lowest BCUT2D eigenvalue weighted by atomic mass is 9.76. The zero-order valence-corrected chi connectivity index (χ0v) is 11.4. The van der Waals surface area contributed by atoms with Crippen molar-refractivity contribution in [2.24, 2.45) is 11.7 Å². The maximum absolute atomic E-state index is 12.0. The number of rotatable bonds is 7. The molecule has 1 saturated carbocycles. The van der Waals surface area contributed by atoms with Gasteiger partial charge in [-0.05, 0) is 25.2 Å². The maximum Gasteiger partial charge on any atom is 0.240 e. The normalized spacial score (nSPS) is 27.8. The highest BCUT2D eigenvalue weighted by Gasteiger charge is 2.37. The Labute approximate surface area is 110 Å². The van der Waals surface area contributed by atoms with Gasteiger partial charge < -0.3 is 15.8 Å². The standard InChI is InChI=1S/C14H26N2O2/c1-3-4-9-18-10-8-16-13(17)14(15)7-5-6-12(2)11-14/h3,12H,1,4-11,15H2,2H3,(H,16,17). The Morgan fingerprint density at radius 1 is 1.61 bits per heavy atom. The number of carbonyl (C=O) groups is 1. The van der Waals surface area contributed by atoms with Crippen molar-refractivity contribution in [2.75, 3.05) is 19.8 Å². The minimum absolute atomic E-state index is 0.0265. The zero-order valence-electron chi connectivity index (χ0n) is 11.4. The van der Waals surface area contributed by atoms with Crippen molar-refractivity contribution in [3.8, 4) is 0 Å². The second kappa shape index (κ2) is 7.54. The molecule has 0 aromatic heterocycles. The summed E-state index contributed by atoms with van der Waals surface area (Å²) >= 11 is 0. The summed E-state index contributed by atoms with van der Waals surface area (Å²) < 4.78 is 5.34. The van der Waals surface area contributed by atoms with E-state index in [2.05, 4.69) is 18.8 Å². The van der Waals surface area contributed by atoms with E-state index in [4.69, 9.17) is 10.5 Å². The van der Waals surface area contributed by atoms with Crippen LogP contribution in [0.2, 0.25) is 0 Å². The lowest BCUT2D eigenvalue weighted by molar-refractivity contribution is -0.128. The predicted molar refractivity (Wildman–Crippen MR) is 73.2 cm³/mol. The molecular weight excluding hydrogens is 228 g/mol. The van der Waals surface area contributed by atoms with E-state index in [-0.39, 0.29) is 5.91 Å². The van der Waals surface area contributed by atoms with E-state index in [0.29, 0.717) is 25.7 Å². The number of ether oxygens (including phenoxy) is 1. The molecule has 104 valence electrons. The molecule has 0 saturated heterocycles. The third-order valence-corrected chi connectivity index (χ3v) is 3.48. The molecule has 0 bridgehead atoms. The summed E-state index contributed by atoms with van der Waals surface area (Å²) in [7, 11) is 0. The van der Waals surface area contributed by atoms with E-state index in [1.807, 2.05) is 6.08 Å². The number of carbonyl (C=O) groups excluding carboxylic acids is 1. The van der Waals surface area contributed by atoms with Crippen molar-refractivity contribution < 1.29 is 9.53 Å². The number of nitrogens with one attached hydrogen (secondary N) is 1. The van der Waals surface area contributed by atoms with Gasteiger partial charge in [-0.15, -0.1) is 6.58 Å². The third-order valence-electron chi connectivity index (χ3n) is 3.48. The molecular formula is C14H26N2O2. The predicted octanol–water partition coefficient (Wildman–Crippen LogP) is 1.60. The second-order valence-electron chi connectivity index (χ2n) is 5.30. The van der Waals surface area contributed by atoms with E-state index in [1.165, 1.54) is 6.42 Å². The van der Waals surface area contributed by atoms with Crippen LogP contribution in [0.3, 0.4) is 0 Å². The first-order chi connectivity index (χ1) is 8.58. The van der Waals surface area contributed by atoms with E-state index >= 15 is 0 Å². The summed E-state index contributed by atoms with van der Waals surface area (Å²) in [6.45, 7) is 7.50.